The molecule has 26 heteroatoms. The standard InChI is InChI=1S/C39H61N9O12P2SSi2/c1-22(2)36(49)46-39-45-35-32(37(50)47-39)43-21-48(35)38-34(33-30(56-38)19-55-64(23(3)4,24(5)6)60-65(59-33,25(7)8)26(9)10)58-62(63,53-15-11-13-40)54-18-27-16-28(17-29(27)57-61(51)52)44-31-12-14-41-20-42-31/h12,14,20-30,33-34,38H,11,15-19H2,1-10H3,(H3-,41,42,44,45,46,47,49,50,51,52)/p+1/t27-,28-,29+,30-,33-,34-,38-,62+/m1/s1. The summed E-state index contributed by atoms with van der Waals surface area (Å²) in [5.74, 6) is -0.755. The highest BCUT2D eigenvalue weighted by Crippen LogP contribution is 2.57. The van der Waals surface area contributed by atoms with Crippen molar-refractivity contribution in [2.75, 3.05) is 30.5 Å². The largest absolute Gasteiger partial charge is 0.695 e. The number of amides is 1. The summed E-state index contributed by atoms with van der Waals surface area (Å²) in [5.41, 5.74) is -0.629. The van der Waals surface area contributed by atoms with Crippen LogP contribution in [-0.2, 0) is 57.0 Å². The van der Waals surface area contributed by atoms with Gasteiger partial charge in [-0.2, -0.15) is 10.2 Å². The highest BCUT2D eigenvalue weighted by molar-refractivity contribution is 8.07. The first-order valence-electron chi connectivity index (χ1n) is 22.0. The number of hydrogen-bond donors (Lipinski definition) is 4. The number of carbonyl (C=O) groups excluding carboxylic acids is 1. The molecule has 9 atom stereocenters. The smallest absolute Gasteiger partial charge is 0.414 e. The van der Waals surface area contributed by atoms with E-state index in [0.717, 1.165) is 0 Å². The fraction of sp³-hybridized carbons (Fsp3) is 0.718. The molecule has 2 aliphatic heterocycles. The molecule has 6 rings (SSSR count). The van der Waals surface area contributed by atoms with Crippen LogP contribution in [0.3, 0.4) is 0 Å². The molecule has 65 heavy (non-hydrogen) atoms. The molecule has 5 heterocycles. The average Bonchev–Trinajstić information content (AvgIpc) is 3.91. The van der Waals surface area contributed by atoms with Gasteiger partial charge in [0.2, 0.25) is 11.9 Å². The predicted octanol–water partition coefficient (Wildman–Crippen LogP) is 6.84. The van der Waals surface area contributed by atoms with Crippen molar-refractivity contribution in [3.8, 4) is 6.07 Å². The number of nitrogens with one attached hydrogen (secondary N) is 3. The number of hydrogen-bond acceptors (Lipinski definition) is 18. The first-order valence-corrected chi connectivity index (χ1v) is 29.6. The van der Waals surface area contributed by atoms with E-state index in [1.165, 1.54) is 17.2 Å². The summed E-state index contributed by atoms with van der Waals surface area (Å²) >= 11 is 6.21. The summed E-state index contributed by atoms with van der Waals surface area (Å²) in [4.78, 5) is 55.9. The van der Waals surface area contributed by atoms with Crippen LogP contribution in [0.4, 0.5) is 11.8 Å². The van der Waals surface area contributed by atoms with E-state index >= 15 is 0 Å². The van der Waals surface area contributed by atoms with Crippen molar-refractivity contribution in [1.82, 2.24) is 29.5 Å². The van der Waals surface area contributed by atoms with Gasteiger partial charge in [-0.1, -0.05) is 69.2 Å². The summed E-state index contributed by atoms with van der Waals surface area (Å²) in [6, 6.07) is 3.57. The average molecular weight is 999 g/mol. The molecular formula is C39H62N9O12P2SSi2+. The molecule has 1 saturated carbocycles. The van der Waals surface area contributed by atoms with Gasteiger partial charge in [0, 0.05) is 28.6 Å². The summed E-state index contributed by atoms with van der Waals surface area (Å²) in [5, 5.41) is 15.6. The van der Waals surface area contributed by atoms with Crippen LogP contribution in [0.25, 0.3) is 11.2 Å². The molecule has 2 saturated heterocycles. The lowest BCUT2D eigenvalue weighted by atomic mass is 10.1. The van der Waals surface area contributed by atoms with E-state index in [2.05, 4.69) is 97.0 Å². The summed E-state index contributed by atoms with van der Waals surface area (Å²) in [6.45, 7) is 16.1. The maximum absolute atomic E-state index is 13.5. The second-order valence-electron chi connectivity index (χ2n) is 18.1. The van der Waals surface area contributed by atoms with Gasteiger partial charge >= 0.3 is 32.1 Å². The molecule has 1 aliphatic carbocycles. The SMILES string of the molecule is CC(C)C(=O)Nc1nc2c(ncn2[C@@H]2O[C@@H]3CO[Si](C(C)C)(C(C)C)O[Si](C(C)C)(C(C)C)O[C@H]3[C@H]2O[P@](=S)(OCCC#N)OC[C@H]2C[C@@H](Nc3ccncn3)C[C@@H]2O[P+](=O)O)c(=O)[nH]1. The van der Waals surface area contributed by atoms with Gasteiger partial charge in [-0.15, -0.1) is 9.42 Å². The number of anilines is 2. The van der Waals surface area contributed by atoms with Crippen molar-refractivity contribution >= 4 is 72.7 Å². The maximum atomic E-state index is 13.5. The molecule has 3 aliphatic rings. The number of imidazole rings is 1. The number of ether oxygens (including phenoxy) is 1. The maximum Gasteiger partial charge on any atom is 0.695 e. The second kappa shape index (κ2) is 21.5. The normalized spacial score (nSPS) is 26.6. The molecule has 3 aromatic heterocycles. The summed E-state index contributed by atoms with van der Waals surface area (Å²) in [6.07, 6.45) is 0.439. The number of rotatable bonds is 19. The number of nitriles is 1. The number of aromatic nitrogens is 6. The molecule has 0 bridgehead atoms. The van der Waals surface area contributed by atoms with Gasteiger partial charge in [0.05, 0.1) is 38.6 Å². The van der Waals surface area contributed by atoms with E-state index in [1.807, 2.05) is 0 Å². The third kappa shape index (κ3) is 11.5. The lowest BCUT2D eigenvalue weighted by molar-refractivity contribution is -0.118. The lowest BCUT2D eigenvalue weighted by Crippen LogP contribution is -2.65. The molecule has 0 aromatic carbocycles. The third-order valence-corrected chi connectivity index (χ3v) is 25.1. The number of fused-ring (bicyclic) bond motifs is 2. The van der Waals surface area contributed by atoms with E-state index in [9.17, 15) is 24.3 Å². The van der Waals surface area contributed by atoms with Gasteiger partial charge in [-0.05, 0) is 52.9 Å². The summed E-state index contributed by atoms with van der Waals surface area (Å²) < 4.78 is 67.8. The minimum atomic E-state index is -3.93. The van der Waals surface area contributed by atoms with Crippen molar-refractivity contribution in [1.29, 1.82) is 5.26 Å². The van der Waals surface area contributed by atoms with E-state index in [-0.39, 0.29) is 77.5 Å². The van der Waals surface area contributed by atoms with Crippen LogP contribution in [0.1, 0.15) is 94.7 Å². The number of H-pyrrole nitrogens is 1. The number of aromatic amines is 1. The Labute approximate surface area is 387 Å². The highest BCUT2D eigenvalue weighted by atomic mass is 32.5. The first-order chi connectivity index (χ1) is 30.7. The van der Waals surface area contributed by atoms with Crippen molar-refractivity contribution in [2.24, 2.45) is 11.8 Å². The molecule has 3 fully saturated rings. The quantitative estimate of drug-likeness (QED) is 0.0544. The van der Waals surface area contributed by atoms with Crippen molar-refractivity contribution < 1.29 is 50.1 Å². The minimum absolute atomic E-state index is 0.0283. The Kier molecular flexibility index (Phi) is 17.0. The van der Waals surface area contributed by atoms with Crippen molar-refractivity contribution in [3.63, 3.8) is 0 Å². The zero-order chi connectivity index (χ0) is 47.4. The summed E-state index contributed by atoms with van der Waals surface area (Å²) in [7, 11) is -9.34. The van der Waals surface area contributed by atoms with Crippen LogP contribution in [-0.4, -0.2) is 108 Å². The van der Waals surface area contributed by atoms with E-state index < -0.39 is 80.1 Å². The fourth-order valence-corrected chi connectivity index (χ4v) is 22.5. The predicted molar refractivity (Wildman–Crippen MR) is 247 cm³/mol. The van der Waals surface area contributed by atoms with Gasteiger partial charge in [0.25, 0.3) is 5.56 Å². The molecule has 1 unspecified atom stereocenters. The molecule has 3 aromatic rings. The van der Waals surface area contributed by atoms with Crippen LogP contribution in [0.5, 0.6) is 0 Å². The highest BCUT2D eigenvalue weighted by Gasteiger charge is 2.63. The fourth-order valence-electron chi connectivity index (χ4n) is 8.74. The van der Waals surface area contributed by atoms with Crippen LogP contribution in [0.15, 0.2) is 29.7 Å². The number of carbonyl (C=O) groups is 1. The Morgan fingerprint density at radius 1 is 1.09 bits per heavy atom. The first kappa shape index (κ1) is 51.4. The monoisotopic (exact) mass is 998 g/mol. The van der Waals surface area contributed by atoms with Gasteiger partial charge in [-0.25, -0.2) is 15.0 Å². The lowest BCUT2D eigenvalue weighted by Gasteiger charge is -2.51. The minimum Gasteiger partial charge on any atom is -0.414 e. The third-order valence-electron chi connectivity index (χ3n) is 12.0. The molecule has 4 N–H and O–H groups in total. The van der Waals surface area contributed by atoms with Crippen molar-refractivity contribution in [2.45, 2.75) is 147 Å². The van der Waals surface area contributed by atoms with E-state index in [4.69, 9.17) is 47.6 Å². The Morgan fingerprint density at radius 3 is 2.42 bits per heavy atom. The van der Waals surface area contributed by atoms with Gasteiger partial charge < -0.3 is 32.1 Å². The molecule has 0 spiro atoms. The van der Waals surface area contributed by atoms with Crippen LogP contribution in [0.2, 0.25) is 22.2 Å². The van der Waals surface area contributed by atoms with Crippen LogP contribution in [0, 0.1) is 23.2 Å². The van der Waals surface area contributed by atoms with E-state index in [1.54, 1.807) is 26.1 Å². The van der Waals surface area contributed by atoms with Crippen LogP contribution >= 0.6 is 15.0 Å². The second-order valence-corrected chi connectivity index (χ2v) is 30.6. The molecule has 358 valence electrons. The molecule has 1 amide bonds. The molecule has 0 radical (unpaired) electrons. The van der Waals surface area contributed by atoms with Gasteiger partial charge in [0.1, 0.15) is 36.6 Å². The Morgan fingerprint density at radius 2 is 1.80 bits per heavy atom. The topological polar surface area (TPSA) is 265 Å². The zero-order valence-electron chi connectivity index (χ0n) is 38.4. The Balaban J connectivity index is 1.44. The molecular weight excluding hydrogens is 937 g/mol. The van der Waals surface area contributed by atoms with Crippen LogP contribution < -0.4 is 16.2 Å². The van der Waals surface area contributed by atoms with Crippen molar-refractivity contribution in [3.05, 3.63) is 35.3 Å². The number of nitrogens with zero attached hydrogens (tertiary/aromatic N) is 6. The Hall–Kier alpha value is -2.99. The molecule has 21 nitrogen and oxygen atoms in total. The zero-order valence-corrected chi connectivity index (χ0v) is 43.0. The van der Waals surface area contributed by atoms with Gasteiger partial charge in [-0.3, -0.25) is 29.0 Å². The van der Waals surface area contributed by atoms with E-state index in [0.29, 0.717) is 18.7 Å². The Bertz CT molecular complexity index is 2270. The van der Waals surface area contributed by atoms with Gasteiger partial charge in [0.15, 0.2) is 17.4 Å².